The smallest absolute Gasteiger partial charge is 0.419 e. The van der Waals surface area contributed by atoms with Gasteiger partial charge in [-0.2, -0.15) is 26.3 Å². The van der Waals surface area contributed by atoms with Crippen molar-refractivity contribution in [1.29, 1.82) is 0 Å². The third kappa shape index (κ3) is 4.81. The topological polar surface area (TPSA) is 49.4 Å². The average molecular weight is 321 g/mol. The van der Waals surface area contributed by atoms with Crippen LogP contribution in [0.5, 0.6) is 0 Å². The Labute approximate surface area is 109 Å². The number of halogens is 6. The number of rotatable bonds is 3. The average Bonchev–Trinajstić information content (AvgIpc) is 2.22. The van der Waals surface area contributed by atoms with Crippen molar-refractivity contribution < 1.29 is 40.3 Å². The zero-order chi connectivity index (χ0) is 15.8. The molecule has 20 heavy (non-hydrogen) atoms. The Morgan fingerprint density at radius 2 is 1.75 bits per heavy atom. The van der Waals surface area contributed by atoms with Gasteiger partial charge < -0.3 is 14.0 Å². The van der Waals surface area contributed by atoms with E-state index in [-0.39, 0.29) is 6.07 Å². The highest BCUT2D eigenvalue weighted by atomic mass is 31.2. The molecule has 0 aliphatic carbocycles. The fourth-order valence-electron chi connectivity index (χ4n) is 1.38. The monoisotopic (exact) mass is 321 g/mol. The van der Waals surface area contributed by atoms with E-state index in [4.69, 9.17) is 0 Å². The third-order valence-corrected chi connectivity index (χ3v) is 2.70. The number of hydrogen-bond acceptors (Lipinski definition) is 3. The lowest BCUT2D eigenvalue weighted by atomic mass is 10.1. The predicted octanol–water partition coefficient (Wildman–Crippen LogP) is 3.51. The van der Waals surface area contributed by atoms with Gasteiger partial charge in [0.15, 0.2) is 6.10 Å². The Hall–Kier alpha value is -1.05. The maximum Gasteiger partial charge on any atom is 0.419 e. The first-order chi connectivity index (χ1) is 8.81. The molecule has 0 saturated carbocycles. The summed E-state index contributed by atoms with van der Waals surface area (Å²) in [5.41, 5.74) is -2.27. The molecule has 1 aromatic carbocycles. The normalized spacial score (nSPS) is 17.6. The van der Waals surface area contributed by atoms with Gasteiger partial charge in [-0.15, -0.1) is 0 Å². The first-order valence-electron chi connectivity index (χ1n) is 5.01. The second-order valence-electron chi connectivity index (χ2n) is 3.92. The van der Waals surface area contributed by atoms with E-state index in [1.54, 1.807) is 0 Å². The standard InChI is InChI=1S/C10H9F6O3P/c1-20(17,18)19-8(10(14,15)16)6-3-2-4-7(5-6)9(11,12)13/h2-5,8H,1H3,(H,17,18)/p-1/t8-/m1/s1. The van der Waals surface area contributed by atoms with Crippen LogP contribution < -0.4 is 4.89 Å². The van der Waals surface area contributed by atoms with Gasteiger partial charge in [-0.3, -0.25) is 0 Å². The summed E-state index contributed by atoms with van der Waals surface area (Å²) in [7, 11) is -4.79. The zero-order valence-electron chi connectivity index (χ0n) is 9.83. The molecule has 2 atom stereocenters. The molecule has 1 unspecified atom stereocenters. The molecule has 0 N–H and O–H groups in total. The van der Waals surface area contributed by atoms with Crippen molar-refractivity contribution in [3.05, 3.63) is 35.4 Å². The molecule has 0 aliphatic heterocycles. The molecule has 0 amide bonds. The van der Waals surface area contributed by atoms with Crippen LogP contribution in [0.25, 0.3) is 0 Å². The van der Waals surface area contributed by atoms with Crippen molar-refractivity contribution in [1.82, 2.24) is 0 Å². The maximum atomic E-state index is 12.7. The van der Waals surface area contributed by atoms with Gasteiger partial charge in [0, 0.05) is 6.66 Å². The van der Waals surface area contributed by atoms with Crippen molar-refractivity contribution in [2.24, 2.45) is 0 Å². The molecule has 0 aromatic heterocycles. The highest BCUT2D eigenvalue weighted by molar-refractivity contribution is 7.50. The van der Waals surface area contributed by atoms with E-state index < -0.39 is 37.2 Å². The first kappa shape index (κ1) is 17.0. The quantitative estimate of drug-likeness (QED) is 0.632. The van der Waals surface area contributed by atoms with Gasteiger partial charge >= 0.3 is 12.4 Å². The van der Waals surface area contributed by atoms with Crippen LogP contribution in [-0.2, 0) is 15.3 Å². The van der Waals surface area contributed by atoms with E-state index in [1.165, 1.54) is 0 Å². The van der Waals surface area contributed by atoms with Gasteiger partial charge in [-0.25, -0.2) is 0 Å². The molecule has 0 radical (unpaired) electrons. The van der Waals surface area contributed by atoms with Gasteiger partial charge in [0.2, 0.25) is 0 Å². The van der Waals surface area contributed by atoms with Crippen molar-refractivity contribution in [3.63, 3.8) is 0 Å². The van der Waals surface area contributed by atoms with Crippen LogP contribution >= 0.6 is 7.60 Å². The van der Waals surface area contributed by atoms with Crippen LogP contribution in [0.3, 0.4) is 0 Å². The molecule has 0 aliphatic rings. The van der Waals surface area contributed by atoms with Crippen LogP contribution in [0.15, 0.2) is 24.3 Å². The highest BCUT2D eigenvalue weighted by Crippen LogP contribution is 2.47. The molecule has 0 heterocycles. The SMILES string of the molecule is CP(=O)([O-])O[C@H](c1cccc(C(F)(F)F)c1)C(F)(F)F. The molecule has 0 spiro atoms. The van der Waals surface area contributed by atoms with Crippen LogP contribution in [0.2, 0.25) is 0 Å². The van der Waals surface area contributed by atoms with E-state index in [1.807, 2.05) is 0 Å². The lowest BCUT2D eigenvalue weighted by Gasteiger charge is -2.28. The minimum atomic E-state index is -5.17. The summed E-state index contributed by atoms with van der Waals surface area (Å²) in [5, 5.41) is 0. The van der Waals surface area contributed by atoms with Gasteiger partial charge in [0.25, 0.3) is 0 Å². The van der Waals surface area contributed by atoms with Gasteiger partial charge in [-0.05, 0) is 17.7 Å². The Morgan fingerprint density at radius 3 is 2.15 bits per heavy atom. The minimum Gasteiger partial charge on any atom is -0.779 e. The molecule has 3 nitrogen and oxygen atoms in total. The largest absolute Gasteiger partial charge is 0.779 e. The van der Waals surface area contributed by atoms with Crippen molar-refractivity contribution in [2.75, 3.05) is 6.66 Å². The minimum absolute atomic E-state index is 0.202. The summed E-state index contributed by atoms with van der Waals surface area (Å²) in [5.74, 6) is 0. The van der Waals surface area contributed by atoms with Crippen LogP contribution in [0.1, 0.15) is 17.2 Å². The fraction of sp³-hybridized carbons (Fsp3) is 0.400. The van der Waals surface area contributed by atoms with Gasteiger partial charge in [0.1, 0.15) is 7.60 Å². The molecule has 10 heteroatoms. The van der Waals surface area contributed by atoms with Crippen molar-refractivity contribution in [2.45, 2.75) is 18.5 Å². The van der Waals surface area contributed by atoms with Crippen LogP contribution in [-0.4, -0.2) is 12.8 Å². The second-order valence-corrected chi connectivity index (χ2v) is 5.68. The molecule has 1 aromatic rings. The maximum absolute atomic E-state index is 12.7. The number of benzene rings is 1. The summed E-state index contributed by atoms with van der Waals surface area (Å²) >= 11 is 0. The van der Waals surface area contributed by atoms with Gasteiger partial charge in [-0.1, -0.05) is 12.1 Å². The summed E-state index contributed by atoms with van der Waals surface area (Å²) in [6.07, 6.45) is -13.0. The van der Waals surface area contributed by atoms with Crippen molar-refractivity contribution >= 4 is 7.60 Å². The van der Waals surface area contributed by atoms with Gasteiger partial charge in [0.05, 0.1) is 5.56 Å². The molecule has 0 fully saturated rings. The molecular weight excluding hydrogens is 313 g/mol. The fourth-order valence-corrected chi connectivity index (χ4v) is 2.00. The molecular formula is C10H8F6O3P-. The molecule has 1 rings (SSSR count). The lowest BCUT2D eigenvalue weighted by Crippen LogP contribution is -2.25. The van der Waals surface area contributed by atoms with Crippen molar-refractivity contribution in [3.8, 4) is 0 Å². The Morgan fingerprint density at radius 1 is 1.20 bits per heavy atom. The lowest BCUT2D eigenvalue weighted by molar-refractivity contribution is -0.239. The zero-order valence-corrected chi connectivity index (χ0v) is 10.7. The summed E-state index contributed by atoms with van der Waals surface area (Å²) in [6.45, 7) is 0.402. The van der Waals surface area contributed by atoms with Crippen LogP contribution in [0, 0.1) is 0 Å². The van der Waals surface area contributed by atoms with Crippen LogP contribution in [0.4, 0.5) is 26.3 Å². The van der Waals surface area contributed by atoms with E-state index in [0.29, 0.717) is 18.8 Å². The third-order valence-electron chi connectivity index (χ3n) is 2.11. The number of hydrogen-bond donors (Lipinski definition) is 0. The van der Waals surface area contributed by atoms with E-state index >= 15 is 0 Å². The molecule has 0 saturated heterocycles. The van der Waals surface area contributed by atoms with E-state index in [0.717, 1.165) is 6.07 Å². The summed E-state index contributed by atoms with van der Waals surface area (Å²) in [6, 6.07) is 2.22. The highest BCUT2D eigenvalue weighted by Gasteiger charge is 2.44. The Balaban J connectivity index is 3.25. The number of alkyl halides is 6. The first-order valence-corrected chi connectivity index (χ1v) is 7.00. The van der Waals surface area contributed by atoms with E-state index in [9.17, 15) is 35.8 Å². The predicted molar refractivity (Wildman–Crippen MR) is 54.9 cm³/mol. The Bertz CT molecular complexity index is 518. The molecule has 114 valence electrons. The Kier molecular flexibility index (Phi) is 4.58. The summed E-state index contributed by atoms with van der Waals surface area (Å²) in [4.78, 5) is 10.8. The molecule has 0 bridgehead atoms. The second kappa shape index (κ2) is 5.38. The summed E-state index contributed by atoms with van der Waals surface area (Å²) < 4.78 is 90.1. The van der Waals surface area contributed by atoms with E-state index in [2.05, 4.69) is 4.52 Å².